The molecule has 3 N–H and O–H groups in total. The molecule has 1 aliphatic rings. The molecule has 0 bridgehead atoms. The number of tetrazole rings is 1. The minimum absolute atomic E-state index is 0.0791. The molecule has 0 aromatic carbocycles. The average molecular weight is 358 g/mol. The van der Waals surface area contributed by atoms with E-state index in [1.54, 1.807) is 18.3 Å². The van der Waals surface area contributed by atoms with Crippen LogP contribution in [-0.4, -0.2) is 62.6 Å². The number of carbonyl (C=O) groups excluding carboxylic acids is 1. The van der Waals surface area contributed by atoms with Crippen LogP contribution in [0.4, 0.5) is 5.82 Å². The molecule has 2 aromatic heterocycles. The van der Waals surface area contributed by atoms with E-state index in [9.17, 15) is 4.79 Å². The first-order chi connectivity index (χ1) is 12.6. The van der Waals surface area contributed by atoms with Crippen LogP contribution in [0.15, 0.2) is 18.3 Å². The lowest BCUT2D eigenvalue weighted by molar-refractivity contribution is 0.0947. The highest BCUT2D eigenvalue weighted by Crippen LogP contribution is 2.16. The second-order valence-electron chi connectivity index (χ2n) is 7.13. The zero-order valence-corrected chi connectivity index (χ0v) is 15.3. The Hall–Kier alpha value is -2.55. The fourth-order valence-corrected chi connectivity index (χ4v) is 3.16. The molecular weight excluding hydrogens is 332 g/mol. The Morgan fingerprint density at radius 1 is 1.42 bits per heavy atom. The van der Waals surface area contributed by atoms with Crippen LogP contribution in [0.1, 0.15) is 36.5 Å². The van der Waals surface area contributed by atoms with Crippen molar-refractivity contribution in [2.75, 3.05) is 31.5 Å². The molecule has 9 heteroatoms. The number of anilines is 1. The molecule has 140 valence electrons. The number of pyridine rings is 1. The van der Waals surface area contributed by atoms with E-state index in [4.69, 9.17) is 0 Å². The van der Waals surface area contributed by atoms with Crippen LogP contribution in [-0.2, 0) is 6.54 Å². The molecule has 0 spiro atoms. The van der Waals surface area contributed by atoms with Crippen LogP contribution in [0, 0.1) is 11.8 Å². The Morgan fingerprint density at radius 2 is 2.31 bits per heavy atom. The second kappa shape index (κ2) is 8.70. The Labute approximate surface area is 153 Å². The molecule has 3 heterocycles. The normalized spacial score (nSPS) is 17.6. The van der Waals surface area contributed by atoms with Crippen molar-refractivity contribution >= 4 is 11.7 Å². The van der Waals surface area contributed by atoms with E-state index >= 15 is 0 Å². The number of nitrogens with one attached hydrogen (secondary N) is 3. The van der Waals surface area contributed by atoms with Gasteiger partial charge >= 0.3 is 0 Å². The minimum atomic E-state index is -0.0791. The van der Waals surface area contributed by atoms with Gasteiger partial charge in [0.15, 0.2) is 5.82 Å². The first-order valence-corrected chi connectivity index (χ1v) is 9.03. The van der Waals surface area contributed by atoms with Gasteiger partial charge in [-0.25, -0.2) is 4.98 Å². The van der Waals surface area contributed by atoms with E-state index < -0.39 is 0 Å². The molecule has 1 amide bonds. The zero-order chi connectivity index (χ0) is 18.4. The predicted molar refractivity (Wildman–Crippen MR) is 97.5 cm³/mol. The van der Waals surface area contributed by atoms with Crippen LogP contribution in [0.5, 0.6) is 0 Å². The molecule has 0 radical (unpaired) electrons. The molecule has 1 aliphatic heterocycles. The van der Waals surface area contributed by atoms with Gasteiger partial charge < -0.3 is 15.5 Å². The maximum absolute atomic E-state index is 12.3. The number of H-pyrrole nitrogens is 1. The highest BCUT2D eigenvalue weighted by molar-refractivity contribution is 5.94. The van der Waals surface area contributed by atoms with E-state index in [0.29, 0.717) is 42.1 Å². The first kappa shape index (κ1) is 18.2. The minimum Gasteiger partial charge on any atom is -0.363 e. The van der Waals surface area contributed by atoms with Crippen molar-refractivity contribution < 1.29 is 4.79 Å². The molecule has 1 saturated heterocycles. The van der Waals surface area contributed by atoms with Crippen LogP contribution in [0.2, 0.25) is 0 Å². The molecule has 2 aromatic rings. The van der Waals surface area contributed by atoms with E-state index in [1.807, 2.05) is 0 Å². The van der Waals surface area contributed by atoms with Crippen LogP contribution in [0.3, 0.4) is 0 Å². The number of amides is 1. The van der Waals surface area contributed by atoms with Crippen molar-refractivity contribution in [3.63, 3.8) is 0 Å². The Morgan fingerprint density at radius 3 is 3.00 bits per heavy atom. The first-order valence-electron chi connectivity index (χ1n) is 9.03. The summed E-state index contributed by atoms with van der Waals surface area (Å²) in [6.07, 6.45) is 2.72. The molecule has 1 atom stereocenters. The fourth-order valence-electron chi connectivity index (χ4n) is 3.16. The van der Waals surface area contributed by atoms with Gasteiger partial charge in [-0.15, -0.1) is 10.2 Å². The molecule has 0 aliphatic carbocycles. The zero-order valence-electron chi connectivity index (χ0n) is 15.3. The van der Waals surface area contributed by atoms with Gasteiger partial charge in [0.25, 0.3) is 5.91 Å². The summed E-state index contributed by atoms with van der Waals surface area (Å²) < 4.78 is 0. The van der Waals surface area contributed by atoms with Gasteiger partial charge in [-0.1, -0.05) is 19.1 Å². The largest absolute Gasteiger partial charge is 0.363 e. The van der Waals surface area contributed by atoms with E-state index in [-0.39, 0.29) is 5.91 Å². The van der Waals surface area contributed by atoms with Crippen molar-refractivity contribution in [3.8, 4) is 0 Å². The lowest BCUT2D eigenvalue weighted by Crippen LogP contribution is -2.31. The second-order valence-corrected chi connectivity index (χ2v) is 7.13. The molecule has 0 saturated carbocycles. The van der Waals surface area contributed by atoms with Gasteiger partial charge in [-0.05, 0) is 36.9 Å². The summed E-state index contributed by atoms with van der Waals surface area (Å²) in [7, 11) is 0. The summed E-state index contributed by atoms with van der Waals surface area (Å²) >= 11 is 0. The topological polar surface area (TPSA) is 112 Å². The molecule has 9 nitrogen and oxygen atoms in total. The third-order valence-corrected chi connectivity index (χ3v) is 4.39. The Kier molecular flexibility index (Phi) is 6.11. The van der Waals surface area contributed by atoms with E-state index in [0.717, 1.165) is 26.1 Å². The Bertz CT molecular complexity index is 685. The lowest BCUT2D eigenvalue weighted by Gasteiger charge is -2.18. The van der Waals surface area contributed by atoms with Gasteiger partial charge in [0.1, 0.15) is 5.82 Å². The van der Waals surface area contributed by atoms with Crippen LogP contribution < -0.4 is 10.6 Å². The van der Waals surface area contributed by atoms with Gasteiger partial charge in [0.2, 0.25) is 0 Å². The SMILES string of the molecule is CC(C)CN1CCC(CNC(=O)c2ccc(NCc3nn[nH]n3)nc2)C1. The summed E-state index contributed by atoms with van der Waals surface area (Å²) in [5, 5.41) is 19.7. The summed E-state index contributed by atoms with van der Waals surface area (Å²) in [5.74, 6) is 2.34. The van der Waals surface area contributed by atoms with Crippen molar-refractivity contribution in [2.24, 2.45) is 11.8 Å². The number of aromatic amines is 1. The third kappa shape index (κ3) is 5.22. The van der Waals surface area contributed by atoms with Crippen molar-refractivity contribution in [2.45, 2.75) is 26.8 Å². The van der Waals surface area contributed by atoms with Crippen LogP contribution in [0.25, 0.3) is 0 Å². The lowest BCUT2D eigenvalue weighted by atomic mass is 10.1. The summed E-state index contributed by atoms with van der Waals surface area (Å²) in [6.45, 7) is 8.93. The molecular formula is C17H26N8O. The average Bonchev–Trinajstić information content (AvgIpc) is 3.30. The van der Waals surface area contributed by atoms with Gasteiger partial charge in [-0.2, -0.15) is 5.21 Å². The fraction of sp³-hybridized carbons (Fsp3) is 0.588. The van der Waals surface area contributed by atoms with Gasteiger partial charge in [0.05, 0.1) is 12.1 Å². The number of hydrogen-bond donors (Lipinski definition) is 3. The monoisotopic (exact) mass is 358 g/mol. The number of hydrogen-bond acceptors (Lipinski definition) is 7. The number of aromatic nitrogens is 5. The quantitative estimate of drug-likeness (QED) is 0.643. The van der Waals surface area contributed by atoms with Crippen LogP contribution >= 0.6 is 0 Å². The number of likely N-dealkylation sites (tertiary alicyclic amines) is 1. The predicted octanol–water partition coefficient (Wildman–Crippen LogP) is 0.915. The summed E-state index contributed by atoms with van der Waals surface area (Å²) in [4.78, 5) is 19.0. The summed E-state index contributed by atoms with van der Waals surface area (Å²) in [5.41, 5.74) is 0.562. The number of rotatable bonds is 8. The number of carbonyl (C=O) groups is 1. The molecule has 1 unspecified atom stereocenters. The van der Waals surface area contributed by atoms with Gasteiger partial charge in [-0.3, -0.25) is 4.79 Å². The standard InChI is InChI=1S/C17H26N8O/c1-12(2)10-25-6-5-13(11-25)7-20-17(26)14-3-4-15(18-8-14)19-9-16-21-23-24-22-16/h3-4,8,12-13H,5-7,9-11H2,1-2H3,(H,18,19)(H,20,26)(H,21,22,23,24). The molecule has 1 fully saturated rings. The van der Waals surface area contributed by atoms with Crippen molar-refractivity contribution in [3.05, 3.63) is 29.7 Å². The van der Waals surface area contributed by atoms with Gasteiger partial charge in [0, 0.05) is 25.8 Å². The highest BCUT2D eigenvalue weighted by Gasteiger charge is 2.23. The summed E-state index contributed by atoms with van der Waals surface area (Å²) in [6, 6.07) is 3.54. The smallest absolute Gasteiger partial charge is 0.252 e. The van der Waals surface area contributed by atoms with Crippen molar-refractivity contribution in [1.29, 1.82) is 0 Å². The van der Waals surface area contributed by atoms with Crippen molar-refractivity contribution in [1.82, 2.24) is 35.8 Å². The maximum atomic E-state index is 12.3. The molecule has 3 rings (SSSR count). The number of nitrogens with zero attached hydrogens (tertiary/aromatic N) is 5. The maximum Gasteiger partial charge on any atom is 0.252 e. The third-order valence-electron chi connectivity index (χ3n) is 4.39. The Balaban J connectivity index is 1.42. The van der Waals surface area contributed by atoms with E-state index in [2.05, 4.69) is 55.0 Å². The molecule has 26 heavy (non-hydrogen) atoms. The highest BCUT2D eigenvalue weighted by atomic mass is 16.1. The van der Waals surface area contributed by atoms with E-state index in [1.165, 1.54) is 0 Å².